The molecule has 2 aromatic carbocycles. The third-order valence-corrected chi connectivity index (χ3v) is 5.38. The standard InChI is InChI=1S/C21H18ClN3O2/c1-2-21(16-9-4-3-5-10-16)19(26)25(20(27)24-21)13-15-12-14-8-6-7-11-17(14)23-18(15)22/h3-12H,2,13H2,1H3,(H,24,27)/t21-/m0/s1. The molecule has 27 heavy (non-hydrogen) atoms. The number of fused-ring (bicyclic) bond motifs is 1. The number of imide groups is 1. The normalized spacial score (nSPS) is 19.6. The molecule has 0 bridgehead atoms. The van der Waals surface area contributed by atoms with Crippen LogP contribution in [0.5, 0.6) is 0 Å². The zero-order chi connectivity index (χ0) is 19.0. The number of carbonyl (C=O) groups is 2. The van der Waals surface area contributed by atoms with Gasteiger partial charge in [-0.15, -0.1) is 0 Å². The minimum Gasteiger partial charge on any atom is -0.319 e. The van der Waals surface area contributed by atoms with Crippen LogP contribution < -0.4 is 5.32 Å². The Morgan fingerprint density at radius 3 is 2.52 bits per heavy atom. The summed E-state index contributed by atoms with van der Waals surface area (Å²) < 4.78 is 0. The zero-order valence-corrected chi connectivity index (χ0v) is 15.5. The number of nitrogens with one attached hydrogen (secondary N) is 1. The van der Waals surface area contributed by atoms with E-state index in [1.54, 1.807) is 0 Å². The van der Waals surface area contributed by atoms with Gasteiger partial charge in [0.1, 0.15) is 10.7 Å². The van der Waals surface area contributed by atoms with Crippen LogP contribution in [0.1, 0.15) is 24.5 Å². The Hall–Kier alpha value is -2.92. The maximum atomic E-state index is 13.2. The second kappa shape index (κ2) is 6.67. The summed E-state index contributed by atoms with van der Waals surface area (Å²) in [5.41, 5.74) is 1.14. The second-order valence-electron chi connectivity index (χ2n) is 6.58. The molecule has 1 fully saturated rings. The van der Waals surface area contributed by atoms with Crippen LogP contribution in [0.2, 0.25) is 5.15 Å². The van der Waals surface area contributed by atoms with Gasteiger partial charge in [-0.05, 0) is 24.1 Å². The summed E-state index contributed by atoms with van der Waals surface area (Å²) in [6.45, 7) is 1.97. The predicted molar refractivity (Wildman–Crippen MR) is 104 cm³/mol. The lowest BCUT2D eigenvalue weighted by Crippen LogP contribution is -2.43. The molecule has 4 rings (SSSR count). The molecule has 1 aliphatic rings. The van der Waals surface area contributed by atoms with Gasteiger partial charge < -0.3 is 5.32 Å². The smallest absolute Gasteiger partial charge is 0.319 e. The van der Waals surface area contributed by atoms with Crippen molar-refractivity contribution in [2.45, 2.75) is 25.4 Å². The molecule has 0 aliphatic carbocycles. The fourth-order valence-electron chi connectivity index (χ4n) is 3.55. The van der Waals surface area contributed by atoms with E-state index in [9.17, 15) is 9.59 Å². The Balaban J connectivity index is 1.70. The van der Waals surface area contributed by atoms with Crippen molar-refractivity contribution in [3.8, 4) is 0 Å². The van der Waals surface area contributed by atoms with Gasteiger partial charge in [-0.2, -0.15) is 0 Å². The van der Waals surface area contributed by atoms with Crippen molar-refractivity contribution in [2.24, 2.45) is 0 Å². The molecule has 3 aromatic rings. The van der Waals surface area contributed by atoms with E-state index >= 15 is 0 Å². The van der Waals surface area contributed by atoms with Gasteiger partial charge >= 0.3 is 6.03 Å². The number of urea groups is 1. The van der Waals surface area contributed by atoms with Crippen molar-refractivity contribution >= 4 is 34.4 Å². The maximum absolute atomic E-state index is 13.2. The van der Waals surface area contributed by atoms with Gasteiger partial charge in [-0.1, -0.05) is 67.1 Å². The quantitative estimate of drug-likeness (QED) is 0.544. The Bertz CT molecular complexity index is 1040. The largest absolute Gasteiger partial charge is 0.325 e. The van der Waals surface area contributed by atoms with Crippen molar-refractivity contribution < 1.29 is 9.59 Å². The summed E-state index contributed by atoms with van der Waals surface area (Å²) in [5, 5.41) is 4.09. The summed E-state index contributed by atoms with van der Waals surface area (Å²) >= 11 is 6.32. The van der Waals surface area contributed by atoms with Gasteiger partial charge in [0.15, 0.2) is 0 Å². The number of amides is 3. The number of rotatable bonds is 4. The fraction of sp³-hybridized carbons (Fsp3) is 0.190. The molecule has 6 heteroatoms. The third kappa shape index (κ3) is 2.84. The number of carbonyl (C=O) groups excluding carboxylic acids is 2. The monoisotopic (exact) mass is 379 g/mol. The maximum Gasteiger partial charge on any atom is 0.325 e. The van der Waals surface area contributed by atoms with E-state index in [-0.39, 0.29) is 12.5 Å². The minimum atomic E-state index is -1.05. The number of nitrogens with zero attached hydrogens (tertiary/aromatic N) is 2. The topological polar surface area (TPSA) is 62.3 Å². The Labute approximate surface area is 162 Å². The molecule has 1 saturated heterocycles. The average molecular weight is 380 g/mol. The lowest BCUT2D eigenvalue weighted by Gasteiger charge is -2.25. The van der Waals surface area contributed by atoms with Crippen LogP contribution >= 0.6 is 11.6 Å². The molecule has 0 radical (unpaired) electrons. The van der Waals surface area contributed by atoms with Gasteiger partial charge in [0, 0.05) is 10.9 Å². The summed E-state index contributed by atoms with van der Waals surface area (Å²) in [6.07, 6.45) is 0.460. The highest BCUT2D eigenvalue weighted by Crippen LogP contribution is 2.34. The summed E-state index contributed by atoms with van der Waals surface area (Å²) in [7, 11) is 0. The van der Waals surface area contributed by atoms with Gasteiger partial charge in [0.2, 0.25) is 0 Å². The van der Waals surface area contributed by atoms with Crippen molar-refractivity contribution in [3.63, 3.8) is 0 Å². The molecule has 0 saturated carbocycles. The van der Waals surface area contributed by atoms with Crippen molar-refractivity contribution in [1.29, 1.82) is 0 Å². The van der Waals surface area contributed by atoms with Crippen LogP contribution in [0.25, 0.3) is 10.9 Å². The highest BCUT2D eigenvalue weighted by Gasteiger charge is 2.51. The molecule has 1 atom stereocenters. The number of aromatic nitrogens is 1. The van der Waals surface area contributed by atoms with Gasteiger partial charge in [0.05, 0.1) is 12.1 Å². The van der Waals surface area contributed by atoms with E-state index in [2.05, 4.69) is 10.3 Å². The van der Waals surface area contributed by atoms with Crippen LogP contribution in [-0.4, -0.2) is 21.8 Å². The van der Waals surface area contributed by atoms with Crippen LogP contribution in [-0.2, 0) is 16.9 Å². The van der Waals surface area contributed by atoms with E-state index in [0.717, 1.165) is 16.5 Å². The first-order chi connectivity index (χ1) is 13.0. The number of hydrogen-bond donors (Lipinski definition) is 1. The van der Waals surface area contributed by atoms with E-state index in [1.807, 2.05) is 67.6 Å². The Morgan fingerprint density at radius 1 is 1.07 bits per heavy atom. The highest BCUT2D eigenvalue weighted by molar-refractivity contribution is 6.30. The SMILES string of the molecule is CC[C@@]1(c2ccccc2)NC(=O)N(Cc2cc3ccccc3nc2Cl)C1=O. The van der Waals surface area contributed by atoms with E-state index in [0.29, 0.717) is 17.1 Å². The van der Waals surface area contributed by atoms with Gasteiger partial charge in [0.25, 0.3) is 5.91 Å². The van der Waals surface area contributed by atoms with Crippen LogP contribution in [0.15, 0.2) is 60.7 Å². The molecular weight excluding hydrogens is 362 g/mol. The van der Waals surface area contributed by atoms with E-state index in [4.69, 9.17) is 11.6 Å². The number of benzene rings is 2. The van der Waals surface area contributed by atoms with Gasteiger partial charge in [-0.3, -0.25) is 9.69 Å². The number of halogens is 1. The first-order valence-corrected chi connectivity index (χ1v) is 9.17. The van der Waals surface area contributed by atoms with Gasteiger partial charge in [-0.25, -0.2) is 9.78 Å². The lowest BCUT2D eigenvalue weighted by molar-refractivity contribution is -0.132. The van der Waals surface area contributed by atoms with Crippen molar-refractivity contribution in [1.82, 2.24) is 15.2 Å². The van der Waals surface area contributed by atoms with Crippen LogP contribution in [0.4, 0.5) is 4.79 Å². The first-order valence-electron chi connectivity index (χ1n) is 8.79. The molecule has 2 heterocycles. The zero-order valence-electron chi connectivity index (χ0n) is 14.8. The summed E-state index contributed by atoms with van der Waals surface area (Å²) in [5.74, 6) is -0.273. The van der Waals surface area contributed by atoms with Crippen molar-refractivity contribution in [3.05, 3.63) is 76.9 Å². The molecule has 0 unspecified atom stereocenters. The summed E-state index contributed by atoms with van der Waals surface area (Å²) in [6, 6.07) is 18.4. The molecule has 1 aliphatic heterocycles. The average Bonchev–Trinajstić information content (AvgIpc) is 2.94. The second-order valence-corrected chi connectivity index (χ2v) is 6.94. The van der Waals surface area contributed by atoms with E-state index < -0.39 is 11.6 Å². The number of para-hydroxylation sites is 1. The minimum absolute atomic E-state index is 0.0793. The summed E-state index contributed by atoms with van der Waals surface area (Å²) in [4.78, 5) is 31.5. The molecule has 0 spiro atoms. The predicted octanol–water partition coefficient (Wildman–Crippen LogP) is 4.25. The molecule has 136 valence electrons. The molecule has 5 nitrogen and oxygen atoms in total. The third-order valence-electron chi connectivity index (χ3n) is 5.05. The Kier molecular flexibility index (Phi) is 4.32. The number of pyridine rings is 1. The van der Waals surface area contributed by atoms with E-state index in [1.165, 1.54) is 4.90 Å². The molecule has 3 amide bonds. The highest BCUT2D eigenvalue weighted by atomic mass is 35.5. The first kappa shape index (κ1) is 17.5. The molecule has 1 N–H and O–H groups in total. The van der Waals surface area contributed by atoms with Crippen LogP contribution in [0.3, 0.4) is 0 Å². The van der Waals surface area contributed by atoms with Crippen LogP contribution in [0, 0.1) is 0 Å². The van der Waals surface area contributed by atoms with Crippen molar-refractivity contribution in [2.75, 3.05) is 0 Å². The molecule has 1 aromatic heterocycles. The number of hydrogen-bond acceptors (Lipinski definition) is 3. The lowest BCUT2D eigenvalue weighted by atomic mass is 9.87. The molecular formula is C21H18ClN3O2. The Morgan fingerprint density at radius 2 is 1.78 bits per heavy atom. The fourth-order valence-corrected chi connectivity index (χ4v) is 3.75.